The second-order valence-corrected chi connectivity index (χ2v) is 8.78. The van der Waals surface area contributed by atoms with Crippen LogP contribution in [0, 0.1) is 11.3 Å². The Morgan fingerprint density at radius 1 is 1.03 bits per heavy atom. The van der Waals surface area contributed by atoms with Gasteiger partial charge in [0, 0.05) is 51.6 Å². The minimum Gasteiger partial charge on any atom is -0.497 e. The van der Waals surface area contributed by atoms with Crippen LogP contribution in [0.15, 0.2) is 54.6 Å². The standard InChI is InChI=1S/C25H31N3O3/c1-26-24(30)22-15-27(14-20-6-4-3-5-7-20)16-25(22)17-28(18-25)23(29)13-10-19-8-11-21(31-2)12-9-19/h3-9,11-12,22H,10,13-18H2,1-2H3,(H,26,30). The van der Waals surface area contributed by atoms with E-state index in [1.54, 1.807) is 14.2 Å². The SMILES string of the molecule is CNC(=O)C1CN(Cc2ccccc2)CC12CN(C(=O)CCc1ccc(OC)cc1)C2. The molecule has 2 aliphatic heterocycles. The van der Waals surface area contributed by atoms with E-state index in [4.69, 9.17) is 4.74 Å². The molecule has 2 heterocycles. The number of benzene rings is 2. The highest BCUT2D eigenvalue weighted by Crippen LogP contribution is 2.44. The maximum absolute atomic E-state index is 12.8. The number of carbonyl (C=O) groups is 2. The average Bonchev–Trinajstić information content (AvgIpc) is 3.16. The zero-order chi connectivity index (χ0) is 21.8. The van der Waals surface area contributed by atoms with Gasteiger partial charge in [-0.3, -0.25) is 14.5 Å². The summed E-state index contributed by atoms with van der Waals surface area (Å²) in [5.74, 6) is 0.993. The molecule has 0 aliphatic carbocycles. The van der Waals surface area contributed by atoms with Gasteiger partial charge in [0.25, 0.3) is 0 Å². The van der Waals surface area contributed by atoms with E-state index in [9.17, 15) is 9.59 Å². The molecular formula is C25H31N3O3. The molecule has 164 valence electrons. The first kappa shape index (κ1) is 21.4. The van der Waals surface area contributed by atoms with E-state index in [0.717, 1.165) is 30.9 Å². The van der Waals surface area contributed by atoms with Crippen LogP contribution in [0.3, 0.4) is 0 Å². The maximum Gasteiger partial charge on any atom is 0.224 e. The van der Waals surface area contributed by atoms with Crippen LogP contribution in [0.25, 0.3) is 0 Å². The van der Waals surface area contributed by atoms with Crippen molar-refractivity contribution in [3.8, 4) is 5.75 Å². The van der Waals surface area contributed by atoms with Crippen molar-refractivity contribution in [3.63, 3.8) is 0 Å². The van der Waals surface area contributed by atoms with Gasteiger partial charge in [0.1, 0.15) is 5.75 Å². The highest BCUT2D eigenvalue weighted by atomic mass is 16.5. The molecule has 2 aromatic rings. The molecular weight excluding hydrogens is 390 g/mol. The van der Waals surface area contributed by atoms with Gasteiger partial charge in [0.15, 0.2) is 0 Å². The summed E-state index contributed by atoms with van der Waals surface area (Å²) in [6.07, 6.45) is 1.20. The fourth-order valence-electron chi connectivity index (χ4n) is 4.98. The van der Waals surface area contributed by atoms with E-state index in [-0.39, 0.29) is 23.1 Å². The van der Waals surface area contributed by atoms with Crippen LogP contribution in [0.1, 0.15) is 17.5 Å². The van der Waals surface area contributed by atoms with E-state index in [2.05, 4.69) is 22.3 Å². The lowest BCUT2D eigenvalue weighted by molar-refractivity contribution is -0.149. The molecule has 1 atom stereocenters. The number of nitrogens with zero attached hydrogens (tertiary/aromatic N) is 2. The van der Waals surface area contributed by atoms with Gasteiger partial charge in [-0.1, -0.05) is 42.5 Å². The van der Waals surface area contributed by atoms with E-state index in [0.29, 0.717) is 25.9 Å². The summed E-state index contributed by atoms with van der Waals surface area (Å²) in [5, 5.41) is 2.84. The number of likely N-dealkylation sites (tertiary alicyclic amines) is 2. The quantitative estimate of drug-likeness (QED) is 0.746. The van der Waals surface area contributed by atoms with Gasteiger partial charge in [0.2, 0.25) is 11.8 Å². The van der Waals surface area contributed by atoms with Crippen molar-refractivity contribution in [3.05, 3.63) is 65.7 Å². The summed E-state index contributed by atoms with van der Waals surface area (Å²) in [5.41, 5.74) is 2.24. The first-order valence-electron chi connectivity index (χ1n) is 10.9. The molecule has 0 bridgehead atoms. The third-order valence-corrected chi connectivity index (χ3v) is 6.68. The molecule has 2 aromatic carbocycles. The van der Waals surface area contributed by atoms with Crippen LogP contribution in [-0.4, -0.2) is 62.0 Å². The van der Waals surface area contributed by atoms with Gasteiger partial charge in [-0.05, 0) is 29.7 Å². The topological polar surface area (TPSA) is 61.9 Å². The summed E-state index contributed by atoms with van der Waals surface area (Å²) < 4.78 is 5.19. The summed E-state index contributed by atoms with van der Waals surface area (Å²) in [6.45, 7) is 3.75. The molecule has 2 saturated heterocycles. The van der Waals surface area contributed by atoms with Crippen molar-refractivity contribution in [2.45, 2.75) is 19.4 Å². The highest BCUT2D eigenvalue weighted by Gasteiger charge is 2.57. The van der Waals surface area contributed by atoms with Gasteiger partial charge in [0.05, 0.1) is 13.0 Å². The van der Waals surface area contributed by atoms with Crippen molar-refractivity contribution >= 4 is 11.8 Å². The lowest BCUT2D eigenvalue weighted by Crippen LogP contribution is -2.63. The van der Waals surface area contributed by atoms with Crippen molar-refractivity contribution in [1.29, 1.82) is 0 Å². The molecule has 0 radical (unpaired) electrons. The smallest absolute Gasteiger partial charge is 0.224 e. The van der Waals surface area contributed by atoms with Gasteiger partial charge in [-0.25, -0.2) is 0 Å². The molecule has 0 aromatic heterocycles. The first-order chi connectivity index (χ1) is 15.0. The third kappa shape index (κ3) is 4.59. The third-order valence-electron chi connectivity index (χ3n) is 6.68. The Labute approximate surface area is 184 Å². The largest absolute Gasteiger partial charge is 0.497 e. The van der Waals surface area contributed by atoms with E-state index in [1.165, 1.54) is 5.56 Å². The Hall–Kier alpha value is -2.86. The number of ether oxygens (including phenoxy) is 1. The minimum absolute atomic E-state index is 0.0770. The van der Waals surface area contributed by atoms with Crippen LogP contribution in [0.4, 0.5) is 0 Å². The number of amides is 2. The number of nitrogens with one attached hydrogen (secondary N) is 1. The molecule has 2 aliphatic rings. The predicted octanol–water partition coefficient (Wildman–Crippen LogP) is 2.33. The van der Waals surface area contributed by atoms with Crippen molar-refractivity contribution in [2.24, 2.45) is 11.3 Å². The van der Waals surface area contributed by atoms with Crippen LogP contribution in [-0.2, 0) is 22.6 Å². The molecule has 1 unspecified atom stereocenters. The predicted molar refractivity (Wildman–Crippen MR) is 120 cm³/mol. The maximum atomic E-state index is 12.8. The molecule has 6 nitrogen and oxygen atoms in total. The summed E-state index contributed by atoms with van der Waals surface area (Å²) in [7, 11) is 3.35. The molecule has 4 rings (SSSR count). The second kappa shape index (κ2) is 9.10. The number of aryl methyl sites for hydroxylation is 1. The molecule has 1 N–H and O–H groups in total. The minimum atomic E-state index is -0.134. The fourth-order valence-corrected chi connectivity index (χ4v) is 4.98. The zero-order valence-electron chi connectivity index (χ0n) is 18.3. The molecule has 2 fully saturated rings. The monoisotopic (exact) mass is 421 g/mol. The average molecular weight is 422 g/mol. The number of methoxy groups -OCH3 is 1. The molecule has 1 spiro atoms. The summed E-state index contributed by atoms with van der Waals surface area (Å²) in [4.78, 5) is 29.7. The first-order valence-corrected chi connectivity index (χ1v) is 10.9. The van der Waals surface area contributed by atoms with Crippen LogP contribution >= 0.6 is 0 Å². The van der Waals surface area contributed by atoms with Gasteiger partial charge in [-0.15, -0.1) is 0 Å². The highest BCUT2D eigenvalue weighted by molar-refractivity contribution is 5.82. The second-order valence-electron chi connectivity index (χ2n) is 8.78. The molecule has 31 heavy (non-hydrogen) atoms. The molecule has 2 amide bonds. The van der Waals surface area contributed by atoms with Gasteiger partial charge < -0.3 is 15.0 Å². The van der Waals surface area contributed by atoms with E-state index >= 15 is 0 Å². The Morgan fingerprint density at radius 2 is 1.74 bits per heavy atom. The fraction of sp³-hybridized carbons (Fsp3) is 0.440. The number of hydrogen-bond donors (Lipinski definition) is 1. The Kier molecular flexibility index (Phi) is 6.28. The van der Waals surface area contributed by atoms with Gasteiger partial charge >= 0.3 is 0 Å². The molecule has 0 saturated carbocycles. The number of hydrogen-bond acceptors (Lipinski definition) is 4. The Morgan fingerprint density at radius 3 is 2.39 bits per heavy atom. The van der Waals surface area contributed by atoms with Crippen LogP contribution in [0.2, 0.25) is 0 Å². The summed E-state index contributed by atoms with van der Waals surface area (Å²) in [6, 6.07) is 18.2. The number of carbonyl (C=O) groups excluding carboxylic acids is 2. The van der Waals surface area contributed by atoms with Crippen LogP contribution in [0.5, 0.6) is 5.75 Å². The lowest BCUT2D eigenvalue weighted by Gasteiger charge is -2.50. The molecule has 6 heteroatoms. The van der Waals surface area contributed by atoms with E-state index in [1.807, 2.05) is 47.4 Å². The summed E-state index contributed by atoms with van der Waals surface area (Å²) >= 11 is 0. The number of rotatable bonds is 7. The lowest BCUT2D eigenvalue weighted by atomic mass is 9.71. The van der Waals surface area contributed by atoms with Crippen LogP contribution < -0.4 is 10.1 Å². The van der Waals surface area contributed by atoms with E-state index < -0.39 is 0 Å². The van der Waals surface area contributed by atoms with Gasteiger partial charge in [-0.2, -0.15) is 0 Å². The Balaban J connectivity index is 1.34. The zero-order valence-corrected chi connectivity index (χ0v) is 18.3. The van der Waals surface area contributed by atoms with Crippen molar-refractivity contribution in [1.82, 2.24) is 15.1 Å². The van der Waals surface area contributed by atoms with Crippen molar-refractivity contribution < 1.29 is 14.3 Å². The normalized spacial score (nSPS) is 19.8. The van der Waals surface area contributed by atoms with Crippen molar-refractivity contribution in [2.75, 3.05) is 40.3 Å². The Bertz CT molecular complexity index is 907.